The van der Waals surface area contributed by atoms with Gasteiger partial charge >= 0.3 is 0 Å². The summed E-state index contributed by atoms with van der Waals surface area (Å²) in [6, 6.07) is 0. The molecule has 0 aromatic rings. The maximum atomic E-state index is 2.60. The van der Waals surface area contributed by atoms with Crippen LogP contribution in [0.3, 0.4) is 0 Å². The van der Waals surface area contributed by atoms with E-state index in [1.807, 2.05) is 0 Å². The molecule has 0 rings (SSSR count). The highest BCUT2D eigenvalue weighted by molar-refractivity contribution is 7.67. The van der Waals surface area contributed by atoms with Gasteiger partial charge in [-0.05, 0) is 15.2 Å². The summed E-state index contributed by atoms with van der Waals surface area (Å²) in [5, 5.41) is 0.942. The molecule has 3 heteroatoms. The second kappa shape index (κ2) is 5.33. The topological polar surface area (TPSA) is 0 Å². The van der Waals surface area contributed by atoms with Gasteiger partial charge in [0.05, 0.1) is 0 Å². The summed E-state index contributed by atoms with van der Waals surface area (Å²) in [5.74, 6) is 0. The van der Waals surface area contributed by atoms with Crippen LogP contribution >= 0.6 is 7.92 Å². The first-order valence-corrected chi connectivity index (χ1v) is 15.8. The zero-order valence-electron chi connectivity index (χ0n) is 15.0. The van der Waals surface area contributed by atoms with Crippen molar-refractivity contribution in [2.24, 2.45) is 0 Å². The largest absolute Gasteiger partial charge is 0.0979 e. The molecule has 0 aliphatic carbocycles. The Bertz CT molecular complexity index is 213. The quantitative estimate of drug-likeness (QED) is 0.431. The number of hydrogen-bond donors (Lipinski definition) is 0. The normalized spacial score (nSPS) is 15.7. The summed E-state index contributed by atoms with van der Waals surface area (Å²) in [4.78, 5) is 1.04. The van der Waals surface area contributed by atoms with Crippen molar-refractivity contribution < 1.29 is 0 Å². The van der Waals surface area contributed by atoms with Crippen LogP contribution in [0, 0.1) is 0 Å². The first kappa shape index (κ1) is 18.9. The van der Waals surface area contributed by atoms with Crippen LogP contribution in [0.2, 0.25) is 39.3 Å². The molecule has 0 fully saturated rings. The summed E-state index contributed by atoms with van der Waals surface area (Å²) < 4.78 is 0. The fraction of sp³-hybridized carbons (Fsp3) is 1.00. The predicted molar refractivity (Wildman–Crippen MR) is 96.9 cm³/mol. The van der Waals surface area contributed by atoms with Gasteiger partial charge in [0.25, 0.3) is 0 Å². The van der Waals surface area contributed by atoms with E-state index in [1.54, 1.807) is 0 Å². The molecule has 0 amide bonds. The Morgan fingerprint density at radius 3 is 0.889 bits per heavy atom. The lowest BCUT2D eigenvalue weighted by atomic mass is 10.2. The standard InChI is InChI=1S/C15H37PSi2/c1-14(2,3)16(15(4,5)6)13(17(7,8)9)18(10,11)12/h13H,1-12H3. The predicted octanol–water partition coefficient (Wildman–Crippen LogP) is 6.19. The third-order valence-corrected chi connectivity index (χ3v) is 21.4. The van der Waals surface area contributed by atoms with Crippen molar-refractivity contribution in [2.45, 2.75) is 96.0 Å². The van der Waals surface area contributed by atoms with Crippen LogP contribution in [-0.2, 0) is 0 Å². The van der Waals surface area contributed by atoms with Gasteiger partial charge < -0.3 is 0 Å². The molecule has 0 N–H and O–H groups in total. The van der Waals surface area contributed by atoms with Gasteiger partial charge in [-0.15, -0.1) is 0 Å². The molecule has 0 heterocycles. The van der Waals surface area contributed by atoms with Crippen LogP contribution in [0.25, 0.3) is 0 Å². The highest BCUT2D eigenvalue weighted by Gasteiger charge is 2.50. The first-order chi connectivity index (χ1) is 7.49. The lowest BCUT2D eigenvalue weighted by Crippen LogP contribution is -2.56. The summed E-state index contributed by atoms with van der Waals surface area (Å²) in [6.07, 6.45) is 0. The molecule has 0 aromatic heterocycles. The van der Waals surface area contributed by atoms with E-state index in [-0.39, 0.29) is 7.92 Å². The molecule has 110 valence electrons. The van der Waals surface area contributed by atoms with Crippen molar-refractivity contribution in [1.82, 2.24) is 0 Å². The van der Waals surface area contributed by atoms with Crippen LogP contribution in [0.15, 0.2) is 0 Å². The van der Waals surface area contributed by atoms with Crippen LogP contribution in [0.5, 0.6) is 0 Å². The summed E-state index contributed by atoms with van der Waals surface area (Å²) in [7, 11) is -2.19. The molecule has 0 bridgehead atoms. The van der Waals surface area contributed by atoms with Crippen LogP contribution in [0.1, 0.15) is 41.5 Å². The van der Waals surface area contributed by atoms with Crippen LogP contribution in [0.4, 0.5) is 0 Å². The third kappa shape index (κ3) is 5.09. The van der Waals surface area contributed by atoms with Gasteiger partial charge in [-0.3, -0.25) is 0 Å². The Kier molecular flexibility index (Phi) is 5.59. The van der Waals surface area contributed by atoms with Gasteiger partial charge in [-0.2, -0.15) is 0 Å². The average molecular weight is 305 g/mol. The van der Waals surface area contributed by atoms with Gasteiger partial charge in [0.2, 0.25) is 0 Å². The molecule has 0 spiro atoms. The van der Waals surface area contributed by atoms with Crippen molar-refractivity contribution in [1.29, 1.82) is 0 Å². The van der Waals surface area contributed by atoms with Crippen LogP contribution < -0.4 is 0 Å². The molecular formula is C15H37PSi2. The van der Waals surface area contributed by atoms with E-state index >= 15 is 0 Å². The SMILES string of the molecule is CC(C)(C)P(C([Si](C)(C)C)[Si](C)(C)C)C(C)(C)C. The van der Waals surface area contributed by atoms with Crippen molar-refractivity contribution in [3.63, 3.8) is 0 Å². The molecule has 0 saturated carbocycles. The summed E-state index contributed by atoms with van der Waals surface area (Å²) in [6.45, 7) is 30.5. The summed E-state index contributed by atoms with van der Waals surface area (Å²) in [5.41, 5.74) is 0. The molecular weight excluding hydrogens is 267 g/mol. The Balaban J connectivity index is 5.84. The fourth-order valence-corrected chi connectivity index (χ4v) is 28.7. The smallest absolute Gasteiger partial charge is 0.0491 e. The molecule has 0 saturated heterocycles. The van der Waals surface area contributed by atoms with E-state index in [0.29, 0.717) is 10.3 Å². The average Bonchev–Trinajstić information content (AvgIpc) is 1.89. The van der Waals surface area contributed by atoms with E-state index in [2.05, 4.69) is 80.8 Å². The minimum absolute atomic E-state index is 0.0412. The Morgan fingerprint density at radius 2 is 0.833 bits per heavy atom. The van der Waals surface area contributed by atoms with Gasteiger partial charge in [-0.1, -0.05) is 88.7 Å². The molecule has 0 nitrogen and oxygen atoms in total. The number of hydrogen-bond acceptors (Lipinski definition) is 0. The fourth-order valence-electron chi connectivity index (χ4n) is 3.85. The number of rotatable bonds is 3. The van der Waals surface area contributed by atoms with E-state index < -0.39 is 16.1 Å². The molecule has 0 aliphatic heterocycles. The molecule has 0 radical (unpaired) electrons. The molecule has 18 heavy (non-hydrogen) atoms. The van der Waals surface area contributed by atoms with Gasteiger partial charge in [0, 0.05) is 16.1 Å². The minimum atomic E-state index is -1.11. The summed E-state index contributed by atoms with van der Waals surface area (Å²) >= 11 is 0. The lowest BCUT2D eigenvalue weighted by Gasteiger charge is -2.54. The highest BCUT2D eigenvalue weighted by atomic mass is 31.1. The van der Waals surface area contributed by atoms with Gasteiger partial charge in [-0.25, -0.2) is 0 Å². The van der Waals surface area contributed by atoms with Gasteiger partial charge in [0.1, 0.15) is 0 Å². The van der Waals surface area contributed by atoms with E-state index in [9.17, 15) is 0 Å². The maximum absolute atomic E-state index is 2.60. The van der Waals surface area contributed by atoms with Crippen molar-refractivity contribution in [3.05, 3.63) is 0 Å². The first-order valence-electron chi connectivity index (χ1n) is 7.28. The minimum Gasteiger partial charge on any atom is -0.0979 e. The van der Waals surface area contributed by atoms with E-state index in [0.717, 1.165) is 4.91 Å². The van der Waals surface area contributed by atoms with Crippen LogP contribution in [-0.4, -0.2) is 31.4 Å². The second-order valence-electron chi connectivity index (χ2n) is 9.85. The zero-order chi connectivity index (χ0) is 15.2. The zero-order valence-corrected chi connectivity index (χ0v) is 17.9. The van der Waals surface area contributed by atoms with E-state index in [4.69, 9.17) is 0 Å². The van der Waals surface area contributed by atoms with Crippen molar-refractivity contribution >= 4 is 24.1 Å². The lowest BCUT2D eigenvalue weighted by molar-refractivity contribution is 0.704. The molecule has 0 aromatic carbocycles. The van der Waals surface area contributed by atoms with Crippen molar-refractivity contribution in [3.8, 4) is 0 Å². The van der Waals surface area contributed by atoms with E-state index in [1.165, 1.54) is 0 Å². The molecule has 0 atom stereocenters. The van der Waals surface area contributed by atoms with Crippen molar-refractivity contribution in [2.75, 3.05) is 0 Å². The Morgan fingerprint density at radius 1 is 0.611 bits per heavy atom. The maximum Gasteiger partial charge on any atom is 0.0491 e. The Labute approximate surface area is 120 Å². The third-order valence-electron chi connectivity index (χ3n) is 3.34. The monoisotopic (exact) mass is 304 g/mol. The van der Waals surface area contributed by atoms with Gasteiger partial charge in [0.15, 0.2) is 0 Å². The molecule has 0 aliphatic rings. The molecule has 0 unspecified atom stereocenters. The Hall–Kier alpha value is 0.864. The second-order valence-corrected chi connectivity index (χ2v) is 26.0. The highest BCUT2D eigenvalue weighted by Crippen LogP contribution is 2.66.